The number of Topliss-reactive ketones (excluding diaryl/α,β-unsaturated/α-hetero) is 1. The third-order valence-corrected chi connectivity index (χ3v) is 4.36. The third-order valence-electron chi connectivity index (χ3n) is 4.11. The molecule has 0 aliphatic rings. The summed E-state index contributed by atoms with van der Waals surface area (Å²) < 4.78 is 10.8. The lowest BCUT2D eigenvalue weighted by Crippen LogP contribution is -2.04. The summed E-state index contributed by atoms with van der Waals surface area (Å²) in [6.07, 6.45) is 0.191. The third kappa shape index (κ3) is 5.02. The van der Waals surface area contributed by atoms with Crippen molar-refractivity contribution in [1.82, 2.24) is 0 Å². The van der Waals surface area contributed by atoms with Crippen LogP contribution in [0.5, 0.6) is 17.2 Å². The average molecular weight is 383 g/mol. The van der Waals surface area contributed by atoms with Crippen LogP contribution >= 0.6 is 11.6 Å². The number of carbonyl (C=O) groups excluding carboxylic acids is 1. The first-order chi connectivity index (χ1) is 13.0. The molecule has 0 amide bonds. The van der Waals surface area contributed by atoms with Gasteiger partial charge in [-0.3, -0.25) is 4.79 Å². The van der Waals surface area contributed by atoms with Gasteiger partial charge in [-0.15, -0.1) is 0 Å². The molecule has 138 valence electrons. The summed E-state index contributed by atoms with van der Waals surface area (Å²) in [5.41, 5.74) is 2.07. The van der Waals surface area contributed by atoms with Gasteiger partial charge in [0, 0.05) is 17.5 Å². The first-order valence-corrected chi connectivity index (χ1v) is 8.79. The van der Waals surface area contributed by atoms with Gasteiger partial charge in [-0.05, 0) is 47.5 Å². The van der Waals surface area contributed by atoms with E-state index in [-0.39, 0.29) is 23.5 Å². The Morgan fingerprint density at radius 2 is 1.56 bits per heavy atom. The summed E-state index contributed by atoms with van der Waals surface area (Å²) in [6, 6.07) is 19.3. The monoisotopic (exact) mass is 382 g/mol. The highest BCUT2D eigenvalue weighted by atomic mass is 35.5. The van der Waals surface area contributed by atoms with Gasteiger partial charge in [-0.25, -0.2) is 0 Å². The standard InChI is InChI=1S/C22H19ClO4/c1-26-18-8-4-16(5-9-18)14-27-19-10-11-20(22(25)13-19)21(24)12-15-2-6-17(23)7-3-15/h2-11,13,25H,12,14H2,1H3. The Morgan fingerprint density at radius 1 is 0.926 bits per heavy atom. The van der Waals surface area contributed by atoms with E-state index in [2.05, 4.69) is 0 Å². The van der Waals surface area contributed by atoms with Crippen LogP contribution in [0, 0.1) is 0 Å². The Hall–Kier alpha value is -2.98. The Kier molecular flexibility index (Phi) is 5.99. The van der Waals surface area contributed by atoms with E-state index < -0.39 is 0 Å². The van der Waals surface area contributed by atoms with E-state index in [0.29, 0.717) is 17.4 Å². The lowest BCUT2D eigenvalue weighted by atomic mass is 10.0. The first-order valence-electron chi connectivity index (χ1n) is 8.41. The summed E-state index contributed by atoms with van der Waals surface area (Å²) in [5, 5.41) is 10.8. The molecule has 0 aliphatic carbocycles. The van der Waals surface area contributed by atoms with Crippen LogP contribution in [0.3, 0.4) is 0 Å². The maximum Gasteiger partial charge on any atom is 0.170 e. The largest absolute Gasteiger partial charge is 0.507 e. The molecule has 0 aromatic heterocycles. The fraction of sp³-hybridized carbons (Fsp3) is 0.136. The number of hydrogen-bond acceptors (Lipinski definition) is 4. The molecular weight excluding hydrogens is 364 g/mol. The Morgan fingerprint density at radius 3 is 2.19 bits per heavy atom. The fourth-order valence-corrected chi connectivity index (χ4v) is 2.73. The molecule has 3 aromatic carbocycles. The fourth-order valence-electron chi connectivity index (χ4n) is 2.61. The van der Waals surface area contributed by atoms with Crippen LogP contribution in [-0.4, -0.2) is 18.0 Å². The summed E-state index contributed by atoms with van der Waals surface area (Å²) in [5.74, 6) is 1.00. The molecule has 0 bridgehead atoms. The molecule has 0 unspecified atom stereocenters. The van der Waals surface area contributed by atoms with Crippen molar-refractivity contribution in [2.24, 2.45) is 0 Å². The van der Waals surface area contributed by atoms with E-state index in [1.165, 1.54) is 6.07 Å². The minimum atomic E-state index is -0.170. The highest BCUT2D eigenvalue weighted by Crippen LogP contribution is 2.26. The number of carbonyl (C=O) groups is 1. The molecule has 0 aliphatic heterocycles. The zero-order valence-corrected chi connectivity index (χ0v) is 15.6. The maximum atomic E-state index is 12.4. The van der Waals surface area contributed by atoms with E-state index >= 15 is 0 Å². The van der Waals surface area contributed by atoms with E-state index in [1.54, 1.807) is 43.5 Å². The van der Waals surface area contributed by atoms with Gasteiger partial charge in [0.1, 0.15) is 23.9 Å². The van der Waals surface area contributed by atoms with Crippen molar-refractivity contribution in [1.29, 1.82) is 0 Å². The smallest absolute Gasteiger partial charge is 0.170 e. The summed E-state index contributed by atoms with van der Waals surface area (Å²) in [6.45, 7) is 0.349. The first kappa shape index (κ1) is 18.8. The zero-order valence-electron chi connectivity index (χ0n) is 14.8. The summed E-state index contributed by atoms with van der Waals surface area (Å²) in [7, 11) is 1.62. The molecule has 0 spiro atoms. The minimum Gasteiger partial charge on any atom is -0.507 e. The normalized spacial score (nSPS) is 10.4. The second-order valence-corrected chi connectivity index (χ2v) is 6.48. The van der Waals surface area contributed by atoms with Crippen molar-refractivity contribution in [2.75, 3.05) is 7.11 Å². The number of phenols is 1. The number of phenolic OH excluding ortho intramolecular Hbond substituents is 1. The summed E-state index contributed by atoms with van der Waals surface area (Å²) in [4.78, 5) is 12.4. The van der Waals surface area contributed by atoms with Crippen molar-refractivity contribution in [3.63, 3.8) is 0 Å². The molecule has 1 N–H and O–H groups in total. The highest BCUT2D eigenvalue weighted by Gasteiger charge is 2.13. The van der Waals surface area contributed by atoms with Crippen molar-refractivity contribution in [3.8, 4) is 17.2 Å². The lowest BCUT2D eigenvalue weighted by Gasteiger charge is -2.10. The minimum absolute atomic E-state index is 0.0961. The molecule has 0 fully saturated rings. The SMILES string of the molecule is COc1ccc(COc2ccc(C(=O)Cc3ccc(Cl)cc3)c(O)c2)cc1. The Labute approximate surface area is 162 Å². The lowest BCUT2D eigenvalue weighted by molar-refractivity contribution is 0.0990. The molecule has 0 saturated carbocycles. The molecule has 5 heteroatoms. The predicted octanol–water partition coefficient (Wildman–Crippen LogP) is 5.06. The summed E-state index contributed by atoms with van der Waals surface area (Å²) >= 11 is 5.85. The van der Waals surface area contributed by atoms with Crippen LogP contribution in [0.25, 0.3) is 0 Å². The van der Waals surface area contributed by atoms with Gasteiger partial charge in [0.25, 0.3) is 0 Å². The van der Waals surface area contributed by atoms with E-state index in [0.717, 1.165) is 16.9 Å². The molecule has 3 aromatic rings. The number of hydrogen-bond donors (Lipinski definition) is 1. The molecule has 0 heterocycles. The second-order valence-electron chi connectivity index (χ2n) is 6.04. The van der Waals surface area contributed by atoms with Crippen LogP contribution in [0.4, 0.5) is 0 Å². The number of benzene rings is 3. The van der Waals surface area contributed by atoms with Crippen molar-refractivity contribution < 1.29 is 19.4 Å². The molecular formula is C22H19ClO4. The molecule has 4 nitrogen and oxygen atoms in total. The number of ketones is 1. The molecule has 3 rings (SSSR count). The number of methoxy groups -OCH3 is 1. The quantitative estimate of drug-likeness (QED) is 0.580. The van der Waals surface area contributed by atoms with Crippen LogP contribution in [0.2, 0.25) is 5.02 Å². The van der Waals surface area contributed by atoms with Crippen molar-refractivity contribution >= 4 is 17.4 Å². The van der Waals surface area contributed by atoms with Crippen molar-refractivity contribution in [3.05, 3.63) is 88.4 Å². The zero-order chi connectivity index (χ0) is 19.2. The highest BCUT2D eigenvalue weighted by molar-refractivity contribution is 6.30. The number of aromatic hydroxyl groups is 1. The second kappa shape index (κ2) is 8.60. The van der Waals surface area contributed by atoms with Crippen molar-refractivity contribution in [2.45, 2.75) is 13.0 Å². The molecule has 0 saturated heterocycles. The number of halogens is 1. The van der Waals surface area contributed by atoms with Gasteiger partial charge in [0.2, 0.25) is 0 Å². The topological polar surface area (TPSA) is 55.8 Å². The van der Waals surface area contributed by atoms with Gasteiger partial charge in [0.05, 0.1) is 12.7 Å². The van der Waals surface area contributed by atoms with E-state index in [1.807, 2.05) is 24.3 Å². The van der Waals surface area contributed by atoms with E-state index in [4.69, 9.17) is 21.1 Å². The van der Waals surface area contributed by atoms with Gasteiger partial charge in [-0.2, -0.15) is 0 Å². The van der Waals surface area contributed by atoms with Gasteiger partial charge in [-0.1, -0.05) is 35.9 Å². The molecule has 0 atom stereocenters. The van der Waals surface area contributed by atoms with Crippen LogP contribution in [0.1, 0.15) is 21.5 Å². The average Bonchev–Trinajstić information content (AvgIpc) is 2.68. The molecule has 27 heavy (non-hydrogen) atoms. The van der Waals surface area contributed by atoms with Crippen LogP contribution in [-0.2, 0) is 13.0 Å². The number of rotatable bonds is 7. The van der Waals surface area contributed by atoms with Gasteiger partial charge < -0.3 is 14.6 Å². The Bertz CT molecular complexity index is 918. The maximum absolute atomic E-state index is 12.4. The molecule has 0 radical (unpaired) electrons. The van der Waals surface area contributed by atoms with Crippen LogP contribution in [0.15, 0.2) is 66.7 Å². The van der Waals surface area contributed by atoms with Gasteiger partial charge in [0.15, 0.2) is 5.78 Å². The predicted molar refractivity (Wildman–Crippen MR) is 105 cm³/mol. The van der Waals surface area contributed by atoms with Gasteiger partial charge >= 0.3 is 0 Å². The van der Waals surface area contributed by atoms with E-state index in [9.17, 15) is 9.90 Å². The number of ether oxygens (including phenoxy) is 2. The van der Waals surface area contributed by atoms with Crippen LogP contribution < -0.4 is 9.47 Å². The Balaban J connectivity index is 1.63.